The van der Waals surface area contributed by atoms with Gasteiger partial charge in [-0.05, 0) is 12.5 Å². The molecule has 2 N–H and O–H groups in total. The second-order valence-corrected chi connectivity index (χ2v) is 6.00. The summed E-state index contributed by atoms with van der Waals surface area (Å²) in [5.74, 6) is 0.0218. The third-order valence-corrected chi connectivity index (χ3v) is 4.24. The molecule has 0 radical (unpaired) electrons. The molecular weight excluding hydrogens is 280 g/mol. The smallest absolute Gasteiger partial charge is 0.315 e. The first-order chi connectivity index (χ1) is 10.6. The third-order valence-electron chi connectivity index (χ3n) is 4.24. The zero-order chi connectivity index (χ0) is 15.5. The molecule has 2 aliphatic heterocycles. The van der Waals surface area contributed by atoms with E-state index in [1.165, 1.54) is 11.1 Å². The molecule has 2 aliphatic rings. The largest absolute Gasteiger partial charge is 0.338 e. The fourth-order valence-electron chi connectivity index (χ4n) is 3.02. The van der Waals surface area contributed by atoms with Gasteiger partial charge < -0.3 is 15.5 Å². The van der Waals surface area contributed by atoms with Crippen LogP contribution in [0.3, 0.4) is 0 Å². The average Bonchev–Trinajstić information content (AvgIpc) is 2.94. The minimum absolute atomic E-state index is 0.0218. The maximum atomic E-state index is 12.3. The van der Waals surface area contributed by atoms with Crippen molar-refractivity contribution < 1.29 is 9.59 Å². The molecule has 0 aromatic heterocycles. The van der Waals surface area contributed by atoms with Crippen LogP contribution in [0, 0.1) is 6.92 Å². The van der Waals surface area contributed by atoms with Crippen LogP contribution in [0.2, 0.25) is 0 Å². The number of hydrogen-bond acceptors (Lipinski definition) is 3. The lowest BCUT2D eigenvalue weighted by atomic mass is 10.1. The summed E-state index contributed by atoms with van der Waals surface area (Å²) in [5.41, 5.74) is 2.59. The Morgan fingerprint density at radius 2 is 2.05 bits per heavy atom. The van der Waals surface area contributed by atoms with E-state index < -0.39 is 6.04 Å². The Morgan fingerprint density at radius 3 is 2.68 bits per heavy atom. The second-order valence-electron chi connectivity index (χ2n) is 6.00. The van der Waals surface area contributed by atoms with Gasteiger partial charge in [0, 0.05) is 39.3 Å². The van der Waals surface area contributed by atoms with E-state index >= 15 is 0 Å². The van der Waals surface area contributed by atoms with E-state index in [4.69, 9.17) is 0 Å². The van der Waals surface area contributed by atoms with Crippen molar-refractivity contribution >= 4 is 11.9 Å². The van der Waals surface area contributed by atoms with Gasteiger partial charge in [-0.25, -0.2) is 4.79 Å². The molecule has 0 spiro atoms. The predicted octanol–water partition coefficient (Wildman–Crippen LogP) is 0.321. The summed E-state index contributed by atoms with van der Waals surface area (Å²) in [6, 6.07) is 7.87. The molecule has 0 aliphatic carbocycles. The number of piperazine rings is 1. The fourth-order valence-corrected chi connectivity index (χ4v) is 3.02. The number of amides is 3. The molecule has 3 rings (SSSR count). The summed E-state index contributed by atoms with van der Waals surface area (Å²) in [6.07, 6.45) is 0. The van der Waals surface area contributed by atoms with E-state index in [-0.39, 0.29) is 11.9 Å². The highest BCUT2D eigenvalue weighted by Crippen LogP contribution is 2.11. The van der Waals surface area contributed by atoms with Crippen LogP contribution in [-0.2, 0) is 11.3 Å². The van der Waals surface area contributed by atoms with Crippen molar-refractivity contribution in [1.29, 1.82) is 0 Å². The molecule has 22 heavy (non-hydrogen) atoms. The van der Waals surface area contributed by atoms with Gasteiger partial charge in [0.15, 0.2) is 0 Å². The van der Waals surface area contributed by atoms with Gasteiger partial charge in [0.05, 0.1) is 0 Å². The summed E-state index contributed by atoms with van der Waals surface area (Å²) in [6.45, 7) is 6.59. The highest BCUT2D eigenvalue weighted by Gasteiger charge is 2.31. The van der Waals surface area contributed by atoms with Gasteiger partial charge in [0.1, 0.15) is 6.04 Å². The van der Waals surface area contributed by atoms with E-state index in [0.717, 1.165) is 32.7 Å². The van der Waals surface area contributed by atoms with Crippen molar-refractivity contribution in [1.82, 2.24) is 20.4 Å². The first-order valence-electron chi connectivity index (χ1n) is 7.73. The van der Waals surface area contributed by atoms with Crippen molar-refractivity contribution in [3.05, 3.63) is 35.4 Å². The van der Waals surface area contributed by atoms with Gasteiger partial charge in [-0.2, -0.15) is 0 Å². The van der Waals surface area contributed by atoms with Crippen molar-refractivity contribution in [3.63, 3.8) is 0 Å². The number of aryl methyl sites for hydroxylation is 1. The number of nitrogens with zero attached hydrogens (tertiary/aromatic N) is 2. The number of carbonyl (C=O) groups excluding carboxylic acids is 2. The topological polar surface area (TPSA) is 64.7 Å². The Balaban J connectivity index is 1.50. The first-order valence-corrected chi connectivity index (χ1v) is 7.73. The van der Waals surface area contributed by atoms with Gasteiger partial charge in [-0.3, -0.25) is 9.69 Å². The molecule has 2 heterocycles. The number of urea groups is 1. The Morgan fingerprint density at radius 1 is 1.27 bits per heavy atom. The standard InChI is InChI=1S/C16H22N4O2/c1-12-3-2-4-13(9-12)11-19-5-7-20(8-6-19)15(21)14-10-17-16(22)18-14/h2-4,9,14H,5-8,10-11H2,1H3,(H2,17,18,22)/t14-/m0/s1. The lowest BCUT2D eigenvalue weighted by Crippen LogP contribution is -2.53. The third kappa shape index (κ3) is 3.39. The van der Waals surface area contributed by atoms with Gasteiger partial charge >= 0.3 is 6.03 Å². The first kappa shape index (κ1) is 14.8. The van der Waals surface area contributed by atoms with Gasteiger partial charge in [-0.1, -0.05) is 29.8 Å². The Kier molecular flexibility index (Phi) is 4.29. The molecule has 0 saturated carbocycles. The molecule has 3 amide bonds. The van der Waals surface area contributed by atoms with Crippen LogP contribution in [0.1, 0.15) is 11.1 Å². The zero-order valence-corrected chi connectivity index (χ0v) is 12.8. The molecule has 0 unspecified atom stereocenters. The normalized spacial score (nSPS) is 22.3. The number of hydrogen-bond donors (Lipinski definition) is 2. The number of rotatable bonds is 3. The van der Waals surface area contributed by atoms with Gasteiger partial charge in [0.2, 0.25) is 5.91 Å². The number of carbonyl (C=O) groups is 2. The molecule has 2 saturated heterocycles. The molecule has 6 nitrogen and oxygen atoms in total. The quantitative estimate of drug-likeness (QED) is 0.845. The molecule has 6 heteroatoms. The lowest BCUT2D eigenvalue weighted by molar-refractivity contribution is -0.134. The monoisotopic (exact) mass is 302 g/mol. The van der Waals surface area contributed by atoms with E-state index in [0.29, 0.717) is 6.54 Å². The maximum Gasteiger partial charge on any atom is 0.315 e. The molecule has 1 aromatic rings. The van der Waals surface area contributed by atoms with Crippen LogP contribution >= 0.6 is 0 Å². The lowest BCUT2D eigenvalue weighted by Gasteiger charge is -2.35. The average molecular weight is 302 g/mol. The summed E-state index contributed by atoms with van der Waals surface area (Å²) in [7, 11) is 0. The van der Waals surface area contributed by atoms with Crippen LogP contribution < -0.4 is 10.6 Å². The fraction of sp³-hybridized carbons (Fsp3) is 0.500. The van der Waals surface area contributed by atoms with Crippen LogP contribution in [-0.4, -0.2) is 60.5 Å². The minimum atomic E-state index is -0.407. The summed E-state index contributed by atoms with van der Waals surface area (Å²) in [5, 5.41) is 5.28. The Bertz CT molecular complexity index is 567. The molecule has 1 aromatic carbocycles. The molecular formula is C16H22N4O2. The van der Waals surface area contributed by atoms with Gasteiger partial charge in [0.25, 0.3) is 0 Å². The zero-order valence-electron chi connectivity index (χ0n) is 12.8. The molecule has 1 atom stereocenters. The van der Waals surface area contributed by atoms with Crippen molar-refractivity contribution in [2.75, 3.05) is 32.7 Å². The van der Waals surface area contributed by atoms with E-state index in [1.807, 2.05) is 4.90 Å². The minimum Gasteiger partial charge on any atom is -0.338 e. The number of nitrogens with one attached hydrogen (secondary N) is 2. The highest BCUT2D eigenvalue weighted by atomic mass is 16.2. The van der Waals surface area contributed by atoms with Crippen LogP contribution in [0.5, 0.6) is 0 Å². The summed E-state index contributed by atoms with van der Waals surface area (Å²) < 4.78 is 0. The molecule has 118 valence electrons. The second kappa shape index (κ2) is 6.36. The SMILES string of the molecule is Cc1cccc(CN2CCN(C(=O)[C@@H]3CNC(=O)N3)CC2)c1. The van der Waals surface area contributed by atoms with Gasteiger partial charge in [-0.15, -0.1) is 0 Å². The molecule has 2 fully saturated rings. The highest BCUT2D eigenvalue weighted by molar-refractivity contribution is 5.90. The van der Waals surface area contributed by atoms with E-state index in [2.05, 4.69) is 46.7 Å². The predicted molar refractivity (Wildman–Crippen MR) is 83.4 cm³/mol. The van der Waals surface area contributed by atoms with Crippen LogP contribution in [0.25, 0.3) is 0 Å². The summed E-state index contributed by atoms with van der Waals surface area (Å²) in [4.78, 5) is 27.6. The van der Waals surface area contributed by atoms with E-state index in [9.17, 15) is 9.59 Å². The van der Waals surface area contributed by atoms with Crippen LogP contribution in [0.15, 0.2) is 24.3 Å². The number of benzene rings is 1. The van der Waals surface area contributed by atoms with Crippen molar-refractivity contribution in [2.45, 2.75) is 19.5 Å². The van der Waals surface area contributed by atoms with Crippen molar-refractivity contribution in [2.24, 2.45) is 0 Å². The van der Waals surface area contributed by atoms with E-state index in [1.54, 1.807) is 0 Å². The Hall–Kier alpha value is -2.08. The molecule has 0 bridgehead atoms. The maximum absolute atomic E-state index is 12.3. The van der Waals surface area contributed by atoms with Crippen LogP contribution in [0.4, 0.5) is 4.79 Å². The summed E-state index contributed by atoms with van der Waals surface area (Å²) >= 11 is 0. The Labute approximate surface area is 130 Å². The van der Waals surface area contributed by atoms with Crippen molar-refractivity contribution in [3.8, 4) is 0 Å².